The second-order valence-corrected chi connectivity index (χ2v) is 7.68. The third kappa shape index (κ3) is 6.98. The Bertz CT molecular complexity index is 495. The van der Waals surface area contributed by atoms with Gasteiger partial charge in [-0.25, -0.2) is 9.65 Å². The van der Waals surface area contributed by atoms with Crippen LogP contribution in [0.25, 0.3) is 0 Å². The van der Waals surface area contributed by atoms with Gasteiger partial charge in [0.05, 0.1) is 6.61 Å². The Morgan fingerprint density at radius 3 is 2.48 bits per heavy atom. The molecule has 0 amide bonds. The third-order valence-corrected chi connectivity index (χ3v) is 4.12. The third-order valence-electron chi connectivity index (χ3n) is 2.55. The molecule has 0 aliphatic carbocycles. The molecule has 0 spiro atoms. The number of para-hydroxylation sites is 1. The van der Waals surface area contributed by atoms with Gasteiger partial charge in [-0.2, -0.15) is 0 Å². The molecule has 118 valence electrons. The standard InChI is InChI=1S/C14H21ClNO4P/c1-4-19-14(17)13(10-11(2)3)16-21(15,18)20-12-8-6-5-7-9-12/h5-9,11,13H,4,10H2,1-3H3,(H,16,18)/t13-,21?/m0/s1. The minimum atomic E-state index is -3.68. The fourth-order valence-corrected chi connectivity index (χ4v) is 3.37. The number of ether oxygens (including phenoxy) is 1. The molecule has 0 radical (unpaired) electrons. The van der Waals surface area contributed by atoms with Crippen LogP contribution in [0.2, 0.25) is 0 Å². The highest BCUT2D eigenvalue weighted by Crippen LogP contribution is 2.48. The van der Waals surface area contributed by atoms with Crippen LogP contribution in [0.15, 0.2) is 30.3 Å². The first-order valence-electron chi connectivity index (χ1n) is 6.83. The molecule has 0 aromatic heterocycles. The highest BCUT2D eigenvalue weighted by molar-refractivity contribution is 7.84. The van der Waals surface area contributed by atoms with Crippen molar-refractivity contribution in [3.63, 3.8) is 0 Å². The number of rotatable bonds is 8. The summed E-state index contributed by atoms with van der Waals surface area (Å²) in [5, 5.41) is 2.58. The number of carbonyl (C=O) groups is 1. The molecule has 1 unspecified atom stereocenters. The van der Waals surface area contributed by atoms with E-state index in [1.807, 2.05) is 13.8 Å². The predicted octanol–water partition coefficient (Wildman–Crippen LogP) is 3.98. The van der Waals surface area contributed by atoms with E-state index in [9.17, 15) is 9.36 Å². The molecular formula is C14H21ClNO4P. The van der Waals surface area contributed by atoms with Gasteiger partial charge in [-0.15, -0.1) is 0 Å². The molecule has 0 saturated carbocycles. The Kier molecular flexibility index (Phi) is 7.23. The molecule has 0 aliphatic heterocycles. The molecule has 1 N–H and O–H groups in total. The number of halogens is 1. The van der Waals surface area contributed by atoms with Crippen molar-refractivity contribution in [2.75, 3.05) is 6.61 Å². The van der Waals surface area contributed by atoms with Crippen LogP contribution in [0.1, 0.15) is 27.2 Å². The number of carbonyl (C=O) groups excluding carboxylic acids is 1. The monoisotopic (exact) mass is 333 g/mol. The van der Waals surface area contributed by atoms with E-state index in [1.165, 1.54) is 0 Å². The summed E-state index contributed by atoms with van der Waals surface area (Å²) in [6, 6.07) is 7.79. The summed E-state index contributed by atoms with van der Waals surface area (Å²) >= 11 is 5.91. The molecule has 7 heteroatoms. The molecular weight excluding hydrogens is 313 g/mol. The second-order valence-electron chi connectivity index (χ2n) is 4.95. The van der Waals surface area contributed by atoms with Gasteiger partial charge in [0.2, 0.25) is 0 Å². The fourth-order valence-electron chi connectivity index (χ4n) is 1.75. The maximum absolute atomic E-state index is 12.3. The van der Waals surface area contributed by atoms with Crippen LogP contribution >= 0.6 is 18.1 Å². The van der Waals surface area contributed by atoms with Gasteiger partial charge in [-0.1, -0.05) is 32.0 Å². The summed E-state index contributed by atoms with van der Waals surface area (Å²) < 4.78 is 22.5. The van der Waals surface area contributed by atoms with E-state index in [2.05, 4.69) is 5.09 Å². The van der Waals surface area contributed by atoms with E-state index in [0.717, 1.165) is 0 Å². The average molecular weight is 334 g/mol. The van der Waals surface area contributed by atoms with E-state index in [4.69, 9.17) is 20.5 Å². The maximum Gasteiger partial charge on any atom is 0.409 e. The first kappa shape index (κ1) is 18.0. The van der Waals surface area contributed by atoms with Crippen LogP contribution in [0.3, 0.4) is 0 Å². The zero-order valence-electron chi connectivity index (χ0n) is 12.4. The van der Waals surface area contributed by atoms with Crippen molar-refractivity contribution < 1.29 is 18.6 Å². The molecule has 0 saturated heterocycles. The normalized spacial score (nSPS) is 15.3. The summed E-state index contributed by atoms with van der Waals surface area (Å²) in [5.74, 6) is 0.0968. The minimum absolute atomic E-state index is 0.209. The number of benzene rings is 1. The summed E-state index contributed by atoms with van der Waals surface area (Å²) in [5.41, 5.74) is 0. The van der Waals surface area contributed by atoms with Gasteiger partial charge in [0.1, 0.15) is 11.8 Å². The molecule has 1 aromatic rings. The number of nitrogens with one attached hydrogen (secondary N) is 1. The quantitative estimate of drug-likeness (QED) is 0.576. The Labute approximate surface area is 130 Å². The van der Waals surface area contributed by atoms with Gasteiger partial charge in [0.15, 0.2) is 0 Å². The lowest BCUT2D eigenvalue weighted by Gasteiger charge is -2.22. The summed E-state index contributed by atoms with van der Waals surface area (Å²) in [6.07, 6.45) is 0.452. The van der Waals surface area contributed by atoms with Crippen molar-refractivity contribution in [1.29, 1.82) is 0 Å². The molecule has 2 atom stereocenters. The zero-order valence-corrected chi connectivity index (χ0v) is 14.1. The van der Waals surface area contributed by atoms with Gasteiger partial charge in [0.25, 0.3) is 0 Å². The van der Waals surface area contributed by atoms with Crippen LogP contribution in [-0.2, 0) is 14.1 Å². The van der Waals surface area contributed by atoms with Crippen molar-refractivity contribution in [3.8, 4) is 5.75 Å². The van der Waals surface area contributed by atoms with E-state index in [0.29, 0.717) is 12.2 Å². The van der Waals surface area contributed by atoms with E-state index in [-0.39, 0.29) is 12.5 Å². The van der Waals surface area contributed by atoms with Crippen molar-refractivity contribution in [1.82, 2.24) is 5.09 Å². The summed E-state index contributed by atoms with van der Waals surface area (Å²) in [7, 11) is 0. The molecule has 1 rings (SSSR count). The Hall–Kier alpha value is -1.03. The van der Waals surface area contributed by atoms with Crippen molar-refractivity contribution in [3.05, 3.63) is 30.3 Å². The SMILES string of the molecule is CCOC(=O)[C@H](CC(C)C)NP(=O)(Cl)Oc1ccccc1. The van der Waals surface area contributed by atoms with Crippen LogP contribution < -0.4 is 9.61 Å². The molecule has 1 aromatic carbocycles. The Morgan fingerprint density at radius 1 is 1.33 bits per heavy atom. The Morgan fingerprint density at radius 2 is 1.95 bits per heavy atom. The average Bonchev–Trinajstić information content (AvgIpc) is 2.38. The molecule has 5 nitrogen and oxygen atoms in total. The van der Waals surface area contributed by atoms with Crippen molar-refractivity contribution in [2.24, 2.45) is 5.92 Å². The molecule has 0 fully saturated rings. The topological polar surface area (TPSA) is 64.6 Å². The lowest BCUT2D eigenvalue weighted by molar-refractivity contribution is -0.145. The van der Waals surface area contributed by atoms with E-state index >= 15 is 0 Å². The highest BCUT2D eigenvalue weighted by Gasteiger charge is 2.31. The van der Waals surface area contributed by atoms with Crippen LogP contribution in [-0.4, -0.2) is 18.6 Å². The molecule has 21 heavy (non-hydrogen) atoms. The second kappa shape index (κ2) is 8.42. The smallest absolute Gasteiger partial charge is 0.409 e. The number of hydrogen-bond acceptors (Lipinski definition) is 4. The largest absolute Gasteiger partial charge is 0.465 e. The first-order valence-corrected chi connectivity index (χ1v) is 9.35. The fraction of sp³-hybridized carbons (Fsp3) is 0.500. The van der Waals surface area contributed by atoms with E-state index in [1.54, 1.807) is 37.3 Å². The predicted molar refractivity (Wildman–Crippen MR) is 83.5 cm³/mol. The van der Waals surface area contributed by atoms with Crippen LogP contribution in [0, 0.1) is 5.92 Å². The van der Waals surface area contributed by atoms with Gasteiger partial charge in [-0.05, 0) is 31.4 Å². The van der Waals surface area contributed by atoms with Gasteiger partial charge < -0.3 is 9.26 Å². The Balaban J connectivity index is 2.75. The van der Waals surface area contributed by atoms with Gasteiger partial charge in [-0.3, -0.25) is 4.79 Å². The van der Waals surface area contributed by atoms with Crippen LogP contribution in [0.5, 0.6) is 5.75 Å². The zero-order chi connectivity index (χ0) is 15.9. The lowest BCUT2D eigenvalue weighted by atomic mass is 10.1. The summed E-state index contributed by atoms with van der Waals surface area (Å²) in [4.78, 5) is 11.9. The van der Waals surface area contributed by atoms with Crippen LogP contribution in [0.4, 0.5) is 0 Å². The van der Waals surface area contributed by atoms with Crippen molar-refractivity contribution in [2.45, 2.75) is 33.2 Å². The molecule has 0 heterocycles. The van der Waals surface area contributed by atoms with Gasteiger partial charge >= 0.3 is 12.8 Å². The minimum Gasteiger partial charge on any atom is -0.465 e. The first-order chi connectivity index (χ1) is 9.84. The van der Waals surface area contributed by atoms with E-state index < -0.39 is 18.9 Å². The highest BCUT2D eigenvalue weighted by atomic mass is 35.7. The van der Waals surface area contributed by atoms with Crippen molar-refractivity contribution >= 4 is 24.1 Å². The lowest BCUT2D eigenvalue weighted by Crippen LogP contribution is -2.37. The van der Waals surface area contributed by atoms with Gasteiger partial charge in [0, 0.05) is 11.2 Å². The molecule has 0 bridgehead atoms. The number of esters is 1. The maximum atomic E-state index is 12.3. The number of hydrogen-bond donors (Lipinski definition) is 1. The molecule has 0 aliphatic rings. The summed E-state index contributed by atoms with van der Waals surface area (Å²) in [6.45, 7) is 2.18.